The zero-order valence-electron chi connectivity index (χ0n) is 11.8. The average molecular weight is 313 g/mol. The van der Waals surface area contributed by atoms with E-state index in [-0.39, 0.29) is 0 Å². The van der Waals surface area contributed by atoms with Gasteiger partial charge in [-0.25, -0.2) is 8.42 Å². The van der Waals surface area contributed by atoms with Crippen molar-refractivity contribution in [1.82, 2.24) is 9.71 Å². The van der Waals surface area contributed by atoms with Crippen molar-refractivity contribution in [3.8, 4) is 0 Å². The van der Waals surface area contributed by atoms with Crippen LogP contribution >= 0.6 is 0 Å². The van der Waals surface area contributed by atoms with Gasteiger partial charge in [0.1, 0.15) is 0 Å². The Morgan fingerprint density at radius 3 is 2.86 bits per heavy atom. The number of allylic oxidation sites excluding steroid dienone is 1. The van der Waals surface area contributed by atoms with Crippen LogP contribution in [0.3, 0.4) is 0 Å². The fourth-order valence-electron chi connectivity index (χ4n) is 2.19. The van der Waals surface area contributed by atoms with Crippen molar-refractivity contribution in [2.75, 3.05) is 11.4 Å². The molecule has 2 heterocycles. The predicted molar refractivity (Wildman–Crippen MR) is 88.6 cm³/mol. The molecule has 0 atom stereocenters. The highest BCUT2D eigenvalue weighted by atomic mass is 32.2. The molecule has 1 aromatic carbocycles. The molecular weight excluding hydrogens is 298 g/mol. The standard InChI is InChI=1S/C16H15N3O2S/c1-2-22(20,21)18-14-7-9-19(10-8-14)15-11-13-5-3-4-6-16(13)17-12-15/h2-9,11-12,18H,1,10H2. The summed E-state index contributed by atoms with van der Waals surface area (Å²) in [6.07, 6.45) is 7.14. The topological polar surface area (TPSA) is 62.3 Å². The number of benzene rings is 1. The second-order valence-corrected chi connectivity index (χ2v) is 6.45. The third-order valence-electron chi connectivity index (χ3n) is 3.33. The number of pyridine rings is 1. The Bertz CT molecular complexity index is 885. The number of aromatic nitrogens is 1. The van der Waals surface area contributed by atoms with Gasteiger partial charge in [0.2, 0.25) is 0 Å². The molecule has 0 unspecified atom stereocenters. The Hall–Kier alpha value is -2.60. The van der Waals surface area contributed by atoms with E-state index in [1.807, 2.05) is 35.4 Å². The van der Waals surface area contributed by atoms with Crippen LogP contribution in [0.5, 0.6) is 0 Å². The van der Waals surface area contributed by atoms with Crippen LogP contribution in [-0.4, -0.2) is 19.9 Å². The zero-order chi connectivity index (χ0) is 15.6. The summed E-state index contributed by atoms with van der Waals surface area (Å²) >= 11 is 0. The monoisotopic (exact) mass is 313 g/mol. The highest BCUT2D eigenvalue weighted by Crippen LogP contribution is 2.21. The number of hydrogen-bond donors (Lipinski definition) is 1. The predicted octanol–water partition coefficient (Wildman–Crippen LogP) is 2.52. The van der Waals surface area contributed by atoms with E-state index in [9.17, 15) is 8.42 Å². The number of sulfonamides is 1. The van der Waals surface area contributed by atoms with Gasteiger partial charge in [-0.05, 0) is 24.3 Å². The molecule has 0 fully saturated rings. The summed E-state index contributed by atoms with van der Waals surface area (Å²) < 4.78 is 25.3. The summed E-state index contributed by atoms with van der Waals surface area (Å²) in [6, 6.07) is 9.96. The van der Waals surface area contributed by atoms with Crippen molar-refractivity contribution in [3.05, 3.63) is 72.6 Å². The van der Waals surface area contributed by atoms with Crippen LogP contribution in [0.4, 0.5) is 5.69 Å². The molecule has 0 saturated heterocycles. The maximum Gasteiger partial charge on any atom is 0.254 e. The SMILES string of the molecule is C=CS(=O)(=O)NC1=CCN(c2cnc3ccccc3c2)C=C1. The minimum atomic E-state index is -3.47. The van der Waals surface area contributed by atoms with Gasteiger partial charge in [-0.2, -0.15) is 0 Å². The molecule has 6 heteroatoms. The molecule has 22 heavy (non-hydrogen) atoms. The van der Waals surface area contributed by atoms with Gasteiger partial charge in [-0.15, -0.1) is 0 Å². The lowest BCUT2D eigenvalue weighted by molar-refractivity contribution is 0.598. The average Bonchev–Trinajstić information content (AvgIpc) is 2.55. The van der Waals surface area contributed by atoms with Crippen molar-refractivity contribution >= 4 is 26.6 Å². The second-order valence-electron chi connectivity index (χ2n) is 4.83. The molecule has 3 rings (SSSR count). The number of rotatable bonds is 4. The minimum absolute atomic E-state index is 0.532. The van der Waals surface area contributed by atoms with Crippen LogP contribution in [0.15, 0.2) is 72.6 Å². The first-order valence-electron chi connectivity index (χ1n) is 6.72. The van der Waals surface area contributed by atoms with E-state index in [0.717, 1.165) is 22.0 Å². The van der Waals surface area contributed by atoms with Gasteiger partial charge in [-0.3, -0.25) is 9.71 Å². The van der Waals surface area contributed by atoms with E-state index in [1.54, 1.807) is 18.3 Å². The first kappa shape index (κ1) is 14.3. The van der Waals surface area contributed by atoms with Gasteiger partial charge in [-0.1, -0.05) is 24.8 Å². The summed E-state index contributed by atoms with van der Waals surface area (Å²) in [4.78, 5) is 6.42. The molecular formula is C16H15N3O2S. The van der Waals surface area contributed by atoms with E-state index < -0.39 is 10.0 Å². The Morgan fingerprint density at radius 1 is 1.32 bits per heavy atom. The molecule has 0 amide bonds. The molecule has 0 radical (unpaired) electrons. The summed E-state index contributed by atoms with van der Waals surface area (Å²) in [5.41, 5.74) is 2.43. The lowest BCUT2D eigenvalue weighted by atomic mass is 10.2. The van der Waals surface area contributed by atoms with Crippen LogP contribution in [0.2, 0.25) is 0 Å². The van der Waals surface area contributed by atoms with Crippen molar-refractivity contribution in [2.24, 2.45) is 0 Å². The van der Waals surface area contributed by atoms with Gasteiger partial charge in [0.05, 0.1) is 17.4 Å². The molecule has 1 N–H and O–H groups in total. The Morgan fingerprint density at radius 2 is 2.14 bits per heavy atom. The highest BCUT2D eigenvalue weighted by molar-refractivity contribution is 7.92. The van der Waals surface area contributed by atoms with Crippen molar-refractivity contribution < 1.29 is 8.42 Å². The lowest BCUT2D eigenvalue weighted by Crippen LogP contribution is -2.25. The number of nitrogens with one attached hydrogen (secondary N) is 1. The molecule has 1 aliphatic rings. The number of para-hydroxylation sites is 1. The molecule has 0 saturated carbocycles. The number of hydrogen-bond acceptors (Lipinski definition) is 4. The largest absolute Gasteiger partial charge is 0.343 e. The second kappa shape index (κ2) is 5.65. The third-order valence-corrected chi connectivity index (χ3v) is 4.29. The number of fused-ring (bicyclic) bond motifs is 1. The maximum atomic E-state index is 11.4. The summed E-state index contributed by atoms with van der Waals surface area (Å²) in [5, 5.41) is 1.96. The molecule has 2 aromatic rings. The quantitative estimate of drug-likeness (QED) is 0.942. The first-order chi connectivity index (χ1) is 10.6. The normalized spacial score (nSPS) is 14.7. The van der Waals surface area contributed by atoms with Crippen LogP contribution < -0.4 is 9.62 Å². The van der Waals surface area contributed by atoms with E-state index in [1.165, 1.54) is 0 Å². The van der Waals surface area contributed by atoms with Gasteiger partial charge >= 0.3 is 0 Å². The van der Waals surface area contributed by atoms with Crippen molar-refractivity contribution in [1.29, 1.82) is 0 Å². The summed E-state index contributed by atoms with van der Waals surface area (Å²) in [7, 11) is -3.47. The highest BCUT2D eigenvalue weighted by Gasteiger charge is 2.11. The van der Waals surface area contributed by atoms with Gasteiger partial charge in [0.25, 0.3) is 10.0 Å². The van der Waals surface area contributed by atoms with E-state index >= 15 is 0 Å². The Kier molecular flexibility index (Phi) is 3.68. The Labute approximate surface area is 129 Å². The minimum Gasteiger partial charge on any atom is -0.343 e. The van der Waals surface area contributed by atoms with Crippen LogP contribution in [0.1, 0.15) is 0 Å². The van der Waals surface area contributed by atoms with Crippen LogP contribution in [0, 0.1) is 0 Å². The first-order valence-corrected chi connectivity index (χ1v) is 8.27. The van der Waals surface area contributed by atoms with E-state index in [0.29, 0.717) is 12.2 Å². The maximum absolute atomic E-state index is 11.4. The number of anilines is 1. The molecule has 0 aliphatic carbocycles. The molecule has 0 bridgehead atoms. The fourth-order valence-corrected chi connectivity index (χ4v) is 2.75. The van der Waals surface area contributed by atoms with Crippen LogP contribution in [0.25, 0.3) is 10.9 Å². The van der Waals surface area contributed by atoms with Crippen molar-refractivity contribution in [2.45, 2.75) is 0 Å². The summed E-state index contributed by atoms with van der Waals surface area (Å²) in [5.74, 6) is 0. The molecule has 112 valence electrons. The van der Waals surface area contributed by atoms with E-state index in [2.05, 4.69) is 22.4 Å². The zero-order valence-corrected chi connectivity index (χ0v) is 12.6. The molecule has 5 nitrogen and oxygen atoms in total. The Balaban J connectivity index is 1.79. The number of nitrogens with zero attached hydrogens (tertiary/aromatic N) is 2. The molecule has 1 aliphatic heterocycles. The third kappa shape index (κ3) is 3.01. The van der Waals surface area contributed by atoms with Gasteiger partial charge in [0.15, 0.2) is 0 Å². The summed E-state index contributed by atoms with van der Waals surface area (Å²) in [6.45, 7) is 3.83. The van der Waals surface area contributed by atoms with Crippen LogP contribution in [-0.2, 0) is 10.0 Å². The fraction of sp³-hybridized carbons (Fsp3) is 0.0625. The van der Waals surface area contributed by atoms with E-state index in [4.69, 9.17) is 0 Å². The van der Waals surface area contributed by atoms with Gasteiger partial charge in [0, 0.05) is 29.2 Å². The van der Waals surface area contributed by atoms with Crippen molar-refractivity contribution in [3.63, 3.8) is 0 Å². The molecule has 0 spiro atoms. The lowest BCUT2D eigenvalue weighted by Gasteiger charge is -2.23. The smallest absolute Gasteiger partial charge is 0.254 e. The van der Waals surface area contributed by atoms with Gasteiger partial charge < -0.3 is 4.90 Å². The molecule has 1 aromatic heterocycles.